The van der Waals surface area contributed by atoms with Gasteiger partial charge >= 0.3 is 5.97 Å². The summed E-state index contributed by atoms with van der Waals surface area (Å²) < 4.78 is 0. The molecule has 0 fully saturated rings. The standard InChI is InChI=1S/C9H10N2O2/c1-11-4-7-2-6(9(12)13)3-10-8(7)5-11/h2-3H,4-5H2,1H3,(H,12,13). The van der Waals surface area contributed by atoms with Gasteiger partial charge in [0.1, 0.15) is 0 Å². The summed E-state index contributed by atoms with van der Waals surface area (Å²) in [6, 6.07) is 1.70. The minimum Gasteiger partial charge on any atom is -0.478 e. The van der Waals surface area contributed by atoms with E-state index in [1.165, 1.54) is 6.20 Å². The molecule has 0 spiro atoms. The lowest BCUT2D eigenvalue weighted by Crippen LogP contribution is -2.07. The van der Waals surface area contributed by atoms with Crippen LogP contribution < -0.4 is 0 Å². The van der Waals surface area contributed by atoms with E-state index in [0.717, 1.165) is 24.3 Å². The fourth-order valence-corrected chi connectivity index (χ4v) is 1.54. The van der Waals surface area contributed by atoms with Crippen LogP contribution in [-0.2, 0) is 13.1 Å². The first-order valence-corrected chi connectivity index (χ1v) is 4.06. The quantitative estimate of drug-likeness (QED) is 0.688. The highest BCUT2D eigenvalue weighted by Gasteiger charge is 2.18. The van der Waals surface area contributed by atoms with Crippen molar-refractivity contribution in [2.75, 3.05) is 7.05 Å². The number of carboxylic acids is 1. The molecule has 4 nitrogen and oxygen atoms in total. The van der Waals surface area contributed by atoms with E-state index >= 15 is 0 Å². The summed E-state index contributed by atoms with van der Waals surface area (Å²) in [5.74, 6) is -0.912. The van der Waals surface area contributed by atoms with Gasteiger partial charge < -0.3 is 5.11 Å². The molecule has 0 aliphatic carbocycles. The molecule has 2 heterocycles. The molecule has 1 N–H and O–H groups in total. The maximum absolute atomic E-state index is 10.6. The number of aromatic nitrogens is 1. The van der Waals surface area contributed by atoms with Crippen molar-refractivity contribution < 1.29 is 9.90 Å². The molecule has 0 bridgehead atoms. The van der Waals surface area contributed by atoms with E-state index in [1.807, 2.05) is 7.05 Å². The molecule has 2 rings (SSSR count). The summed E-state index contributed by atoms with van der Waals surface area (Å²) in [5.41, 5.74) is 2.30. The van der Waals surface area contributed by atoms with Crippen LogP contribution in [0.15, 0.2) is 12.3 Å². The summed E-state index contributed by atoms with van der Waals surface area (Å²) in [6.45, 7) is 1.61. The Morgan fingerprint density at radius 2 is 2.38 bits per heavy atom. The second kappa shape index (κ2) is 2.81. The Balaban J connectivity index is 2.40. The smallest absolute Gasteiger partial charge is 0.337 e. The molecule has 1 aromatic rings. The Morgan fingerprint density at radius 1 is 1.62 bits per heavy atom. The van der Waals surface area contributed by atoms with Gasteiger partial charge in [-0.2, -0.15) is 0 Å². The number of fused-ring (bicyclic) bond motifs is 1. The minimum atomic E-state index is -0.912. The third kappa shape index (κ3) is 1.40. The molecule has 0 atom stereocenters. The maximum atomic E-state index is 10.6. The lowest BCUT2D eigenvalue weighted by Gasteiger charge is -2.02. The van der Waals surface area contributed by atoms with Crippen molar-refractivity contribution in [2.45, 2.75) is 13.1 Å². The lowest BCUT2D eigenvalue weighted by molar-refractivity contribution is 0.0696. The van der Waals surface area contributed by atoms with Crippen LogP contribution in [0.4, 0.5) is 0 Å². The normalized spacial score (nSPS) is 15.8. The number of hydrogen-bond acceptors (Lipinski definition) is 3. The topological polar surface area (TPSA) is 53.4 Å². The molecule has 1 aliphatic heterocycles. The van der Waals surface area contributed by atoms with Gasteiger partial charge in [0, 0.05) is 19.3 Å². The highest BCUT2D eigenvalue weighted by Crippen LogP contribution is 2.19. The molecule has 0 saturated carbocycles. The van der Waals surface area contributed by atoms with E-state index < -0.39 is 5.97 Å². The number of carboxylic acid groups (broad SMARTS) is 1. The van der Waals surface area contributed by atoms with Crippen molar-refractivity contribution in [3.8, 4) is 0 Å². The summed E-state index contributed by atoms with van der Waals surface area (Å²) in [5, 5.41) is 8.73. The lowest BCUT2D eigenvalue weighted by atomic mass is 10.2. The van der Waals surface area contributed by atoms with Crippen molar-refractivity contribution >= 4 is 5.97 Å². The Kier molecular flexibility index (Phi) is 1.77. The van der Waals surface area contributed by atoms with E-state index in [9.17, 15) is 4.79 Å². The van der Waals surface area contributed by atoms with Crippen molar-refractivity contribution in [2.24, 2.45) is 0 Å². The molecule has 0 unspecified atom stereocenters. The second-order valence-electron chi connectivity index (χ2n) is 3.31. The zero-order valence-electron chi connectivity index (χ0n) is 7.32. The van der Waals surface area contributed by atoms with Gasteiger partial charge in [0.15, 0.2) is 0 Å². The predicted molar refractivity (Wildman–Crippen MR) is 46.4 cm³/mol. The van der Waals surface area contributed by atoms with Gasteiger partial charge in [-0.05, 0) is 18.7 Å². The molecule has 68 valence electrons. The van der Waals surface area contributed by atoms with Crippen molar-refractivity contribution in [1.82, 2.24) is 9.88 Å². The first-order valence-electron chi connectivity index (χ1n) is 4.06. The number of carbonyl (C=O) groups is 1. The minimum absolute atomic E-state index is 0.272. The summed E-state index contributed by atoms with van der Waals surface area (Å²) in [7, 11) is 1.99. The largest absolute Gasteiger partial charge is 0.478 e. The average molecular weight is 178 g/mol. The van der Waals surface area contributed by atoms with E-state index in [1.54, 1.807) is 6.07 Å². The molecular formula is C9H10N2O2. The van der Waals surface area contributed by atoms with E-state index in [-0.39, 0.29) is 5.56 Å². The van der Waals surface area contributed by atoms with E-state index in [0.29, 0.717) is 0 Å². The molecular weight excluding hydrogens is 168 g/mol. The fraction of sp³-hybridized carbons (Fsp3) is 0.333. The van der Waals surface area contributed by atoms with Gasteiger partial charge in [0.25, 0.3) is 0 Å². The molecule has 1 aliphatic rings. The zero-order valence-corrected chi connectivity index (χ0v) is 7.32. The third-order valence-electron chi connectivity index (χ3n) is 2.17. The van der Waals surface area contributed by atoms with Crippen LogP contribution in [-0.4, -0.2) is 28.0 Å². The number of rotatable bonds is 1. The van der Waals surface area contributed by atoms with Crippen LogP contribution in [0, 0.1) is 0 Å². The van der Waals surface area contributed by atoms with Gasteiger partial charge in [-0.3, -0.25) is 9.88 Å². The van der Waals surface area contributed by atoms with Crippen LogP contribution in [0.25, 0.3) is 0 Å². The first-order chi connectivity index (χ1) is 6.16. The number of hydrogen-bond donors (Lipinski definition) is 1. The van der Waals surface area contributed by atoms with Gasteiger partial charge in [-0.15, -0.1) is 0 Å². The molecule has 1 aromatic heterocycles. The Bertz CT molecular complexity index is 363. The summed E-state index contributed by atoms with van der Waals surface area (Å²) in [6.07, 6.45) is 1.42. The molecule has 0 saturated heterocycles. The van der Waals surface area contributed by atoms with Crippen molar-refractivity contribution in [3.63, 3.8) is 0 Å². The highest BCUT2D eigenvalue weighted by molar-refractivity contribution is 5.87. The van der Waals surface area contributed by atoms with Gasteiger partial charge in [0.2, 0.25) is 0 Å². The monoisotopic (exact) mass is 178 g/mol. The Labute approximate surface area is 75.8 Å². The molecule has 13 heavy (non-hydrogen) atoms. The maximum Gasteiger partial charge on any atom is 0.337 e. The van der Waals surface area contributed by atoms with Crippen LogP contribution in [0.5, 0.6) is 0 Å². The number of aromatic carboxylic acids is 1. The van der Waals surface area contributed by atoms with Crippen LogP contribution in [0.3, 0.4) is 0 Å². The highest BCUT2D eigenvalue weighted by atomic mass is 16.4. The van der Waals surface area contributed by atoms with Gasteiger partial charge in [0.05, 0.1) is 11.3 Å². The van der Waals surface area contributed by atoms with Gasteiger partial charge in [-0.1, -0.05) is 0 Å². The van der Waals surface area contributed by atoms with E-state index in [2.05, 4.69) is 9.88 Å². The Hall–Kier alpha value is -1.42. The molecule has 4 heteroatoms. The predicted octanol–water partition coefficient (Wildman–Crippen LogP) is 0.725. The van der Waals surface area contributed by atoms with Crippen LogP contribution >= 0.6 is 0 Å². The SMILES string of the molecule is CN1Cc2cc(C(=O)O)cnc2C1. The van der Waals surface area contributed by atoms with Crippen molar-refractivity contribution in [3.05, 3.63) is 29.1 Å². The summed E-state index contributed by atoms with van der Waals surface area (Å²) in [4.78, 5) is 16.8. The second-order valence-corrected chi connectivity index (χ2v) is 3.31. The molecule has 0 amide bonds. The number of pyridine rings is 1. The van der Waals surface area contributed by atoms with Crippen molar-refractivity contribution in [1.29, 1.82) is 0 Å². The van der Waals surface area contributed by atoms with Crippen LogP contribution in [0.1, 0.15) is 21.6 Å². The van der Waals surface area contributed by atoms with Crippen LogP contribution in [0.2, 0.25) is 0 Å². The Morgan fingerprint density at radius 3 is 3.08 bits per heavy atom. The third-order valence-corrected chi connectivity index (χ3v) is 2.17. The fourth-order valence-electron chi connectivity index (χ4n) is 1.54. The van der Waals surface area contributed by atoms with Gasteiger partial charge in [-0.25, -0.2) is 4.79 Å². The molecule has 0 radical (unpaired) electrons. The average Bonchev–Trinajstić information content (AvgIpc) is 2.42. The zero-order chi connectivity index (χ0) is 9.42. The van der Waals surface area contributed by atoms with E-state index in [4.69, 9.17) is 5.11 Å². The first kappa shape index (κ1) is 8.19. The molecule has 0 aromatic carbocycles. The summed E-state index contributed by atoms with van der Waals surface area (Å²) >= 11 is 0. The number of nitrogens with zero attached hydrogens (tertiary/aromatic N) is 2.